The largest absolute Gasteiger partial charge is 0.481 e. The van der Waals surface area contributed by atoms with Crippen LogP contribution in [-0.4, -0.2) is 21.9 Å². The topological polar surface area (TPSA) is 57.6 Å². The van der Waals surface area contributed by atoms with Crippen LogP contribution in [0.4, 0.5) is 0 Å². The highest BCUT2D eigenvalue weighted by Gasteiger charge is 2.34. The van der Waals surface area contributed by atoms with Crippen LogP contribution in [0.1, 0.15) is 33.3 Å². The van der Waals surface area contributed by atoms with E-state index in [-0.39, 0.29) is 12.3 Å². The molecule has 102 valence electrons. The van der Waals surface area contributed by atoms with E-state index in [1.54, 1.807) is 11.0 Å². The minimum atomic E-state index is -0.896. The van der Waals surface area contributed by atoms with Crippen molar-refractivity contribution in [3.05, 3.63) is 57.8 Å². The number of carbonyl (C=O) groups is 2. The van der Waals surface area contributed by atoms with Gasteiger partial charge >= 0.3 is 5.97 Å². The van der Waals surface area contributed by atoms with Gasteiger partial charge < -0.3 is 10.0 Å². The molecule has 1 unspecified atom stereocenters. The lowest BCUT2D eigenvalue weighted by molar-refractivity contribution is -0.138. The Hall–Kier alpha value is -2.14. The molecule has 0 saturated heterocycles. The lowest BCUT2D eigenvalue weighted by Gasteiger charge is -2.25. The molecule has 0 aliphatic carbocycles. The Kier molecular flexibility index (Phi) is 3.28. The number of carboxylic acid groups (broad SMARTS) is 1. The van der Waals surface area contributed by atoms with E-state index in [9.17, 15) is 9.59 Å². The first-order chi connectivity index (χ1) is 9.66. The number of thiophene rings is 1. The van der Waals surface area contributed by atoms with Crippen molar-refractivity contribution in [2.45, 2.75) is 19.0 Å². The van der Waals surface area contributed by atoms with Gasteiger partial charge in [0.2, 0.25) is 0 Å². The molecule has 4 nitrogen and oxygen atoms in total. The van der Waals surface area contributed by atoms with Crippen molar-refractivity contribution in [3.8, 4) is 0 Å². The van der Waals surface area contributed by atoms with Crippen LogP contribution in [0.25, 0.3) is 0 Å². The van der Waals surface area contributed by atoms with Gasteiger partial charge in [-0.25, -0.2) is 0 Å². The quantitative estimate of drug-likeness (QED) is 0.940. The number of hydrogen-bond acceptors (Lipinski definition) is 3. The second-order valence-electron chi connectivity index (χ2n) is 4.72. The normalized spacial score (nSPS) is 15.2. The van der Waals surface area contributed by atoms with Gasteiger partial charge in [-0.05, 0) is 23.1 Å². The zero-order valence-electron chi connectivity index (χ0n) is 10.7. The summed E-state index contributed by atoms with van der Waals surface area (Å²) in [6.07, 6.45) is -0.0692. The van der Waals surface area contributed by atoms with E-state index >= 15 is 0 Å². The van der Waals surface area contributed by atoms with Gasteiger partial charge in [-0.2, -0.15) is 0 Å². The highest BCUT2D eigenvalue weighted by atomic mass is 32.1. The van der Waals surface area contributed by atoms with Crippen LogP contribution in [0.2, 0.25) is 0 Å². The third-order valence-electron chi connectivity index (χ3n) is 3.47. The highest BCUT2D eigenvalue weighted by molar-refractivity contribution is 7.10. The molecule has 0 bridgehead atoms. The van der Waals surface area contributed by atoms with Crippen LogP contribution in [0.3, 0.4) is 0 Å². The van der Waals surface area contributed by atoms with E-state index in [0.717, 1.165) is 10.4 Å². The van der Waals surface area contributed by atoms with Crippen molar-refractivity contribution in [1.29, 1.82) is 0 Å². The van der Waals surface area contributed by atoms with Crippen LogP contribution in [0.5, 0.6) is 0 Å². The number of hydrogen-bond donors (Lipinski definition) is 1. The fraction of sp³-hybridized carbons (Fsp3) is 0.200. The molecule has 1 N–H and O–H groups in total. The van der Waals surface area contributed by atoms with Crippen LogP contribution < -0.4 is 0 Å². The van der Waals surface area contributed by atoms with E-state index in [1.807, 2.05) is 35.7 Å². The Bertz CT molecular complexity index is 651. The number of rotatable bonds is 4. The fourth-order valence-electron chi connectivity index (χ4n) is 2.54. The fourth-order valence-corrected chi connectivity index (χ4v) is 3.38. The molecule has 2 heterocycles. The van der Waals surface area contributed by atoms with Gasteiger partial charge in [0.25, 0.3) is 5.91 Å². The molecule has 1 aromatic heterocycles. The average molecular weight is 287 g/mol. The summed E-state index contributed by atoms with van der Waals surface area (Å²) in [5, 5.41) is 11.0. The molecule has 1 aromatic carbocycles. The van der Waals surface area contributed by atoms with Crippen molar-refractivity contribution in [1.82, 2.24) is 4.90 Å². The molecule has 0 fully saturated rings. The predicted molar refractivity (Wildman–Crippen MR) is 75.6 cm³/mol. The number of aliphatic carboxylic acids is 1. The molecule has 3 rings (SSSR count). The Labute approximate surface area is 120 Å². The summed E-state index contributed by atoms with van der Waals surface area (Å²) in [6, 6.07) is 10.8. The number of benzene rings is 1. The Morgan fingerprint density at radius 1 is 1.30 bits per heavy atom. The molecule has 5 heteroatoms. The van der Waals surface area contributed by atoms with Gasteiger partial charge in [0.05, 0.1) is 12.5 Å². The molecule has 1 aliphatic heterocycles. The molecule has 0 saturated carbocycles. The predicted octanol–water partition coefficient (Wildman–Crippen LogP) is 2.92. The molecular formula is C15H13NO3S. The van der Waals surface area contributed by atoms with Crippen molar-refractivity contribution in [2.75, 3.05) is 0 Å². The zero-order valence-corrected chi connectivity index (χ0v) is 11.5. The molecule has 1 amide bonds. The maximum atomic E-state index is 12.5. The zero-order chi connectivity index (χ0) is 14.1. The molecule has 1 aliphatic rings. The van der Waals surface area contributed by atoms with Crippen LogP contribution >= 0.6 is 11.3 Å². The molecule has 0 radical (unpaired) electrons. The summed E-state index contributed by atoms with van der Waals surface area (Å²) in [7, 11) is 0. The monoisotopic (exact) mass is 287 g/mol. The first kappa shape index (κ1) is 12.9. The summed E-state index contributed by atoms with van der Waals surface area (Å²) >= 11 is 1.48. The maximum absolute atomic E-state index is 12.5. The summed E-state index contributed by atoms with van der Waals surface area (Å²) in [6.45, 7) is 0.477. The van der Waals surface area contributed by atoms with Crippen molar-refractivity contribution in [3.63, 3.8) is 0 Å². The smallest absolute Gasteiger partial charge is 0.305 e. The summed E-state index contributed by atoms with van der Waals surface area (Å²) in [4.78, 5) is 26.1. The third kappa shape index (κ3) is 2.20. The van der Waals surface area contributed by atoms with E-state index in [2.05, 4.69) is 0 Å². The van der Waals surface area contributed by atoms with Gasteiger partial charge in [-0.1, -0.05) is 24.3 Å². The third-order valence-corrected chi connectivity index (χ3v) is 4.44. The second kappa shape index (κ2) is 5.09. The Balaban J connectivity index is 1.94. The molecule has 2 aromatic rings. The van der Waals surface area contributed by atoms with E-state index in [0.29, 0.717) is 12.1 Å². The number of amides is 1. The van der Waals surface area contributed by atoms with Crippen molar-refractivity contribution < 1.29 is 14.7 Å². The van der Waals surface area contributed by atoms with Gasteiger partial charge in [-0.3, -0.25) is 9.59 Å². The first-order valence-electron chi connectivity index (χ1n) is 6.31. The van der Waals surface area contributed by atoms with Gasteiger partial charge in [0, 0.05) is 17.0 Å². The van der Waals surface area contributed by atoms with E-state index < -0.39 is 12.0 Å². The molecule has 1 atom stereocenters. The van der Waals surface area contributed by atoms with E-state index in [1.165, 1.54) is 11.3 Å². The highest BCUT2D eigenvalue weighted by Crippen LogP contribution is 2.35. The van der Waals surface area contributed by atoms with Crippen LogP contribution in [0, 0.1) is 0 Å². The summed E-state index contributed by atoms with van der Waals surface area (Å²) in [5.74, 6) is -0.979. The van der Waals surface area contributed by atoms with Gasteiger partial charge in [0.15, 0.2) is 0 Å². The average Bonchev–Trinajstić information content (AvgIpc) is 3.05. The number of carboxylic acids is 1. The van der Waals surface area contributed by atoms with Gasteiger partial charge in [-0.15, -0.1) is 11.3 Å². The lowest BCUT2D eigenvalue weighted by Crippen LogP contribution is -2.30. The minimum Gasteiger partial charge on any atom is -0.481 e. The Morgan fingerprint density at radius 2 is 2.10 bits per heavy atom. The van der Waals surface area contributed by atoms with Crippen LogP contribution in [-0.2, 0) is 11.3 Å². The van der Waals surface area contributed by atoms with Crippen molar-refractivity contribution in [2.24, 2.45) is 0 Å². The molecular weight excluding hydrogens is 274 g/mol. The minimum absolute atomic E-state index is 0.0692. The SMILES string of the molecule is O=C(O)CC(c1cccs1)N1Cc2ccccc2C1=O. The number of carbonyl (C=O) groups excluding carboxylic acids is 1. The standard InChI is InChI=1S/C15H13NO3S/c17-14(18)8-12(13-6-3-7-20-13)16-9-10-4-1-2-5-11(10)15(16)19/h1-7,12H,8-9H2,(H,17,18). The maximum Gasteiger partial charge on any atom is 0.305 e. The van der Waals surface area contributed by atoms with Crippen molar-refractivity contribution >= 4 is 23.2 Å². The van der Waals surface area contributed by atoms with Gasteiger partial charge in [0.1, 0.15) is 0 Å². The van der Waals surface area contributed by atoms with Crippen LogP contribution in [0.15, 0.2) is 41.8 Å². The summed E-state index contributed by atoms with van der Waals surface area (Å²) < 4.78 is 0. The second-order valence-corrected chi connectivity index (χ2v) is 5.70. The molecule has 0 spiro atoms. The number of nitrogens with zero attached hydrogens (tertiary/aromatic N) is 1. The lowest BCUT2D eigenvalue weighted by atomic mass is 10.1. The summed E-state index contributed by atoms with van der Waals surface area (Å²) in [5.41, 5.74) is 1.64. The number of fused-ring (bicyclic) bond motifs is 1. The first-order valence-corrected chi connectivity index (χ1v) is 7.19. The molecule has 20 heavy (non-hydrogen) atoms. The van der Waals surface area contributed by atoms with E-state index in [4.69, 9.17) is 5.11 Å². The Morgan fingerprint density at radius 3 is 2.75 bits per heavy atom.